The van der Waals surface area contributed by atoms with Crippen LogP contribution in [0.2, 0.25) is 0 Å². The zero-order chi connectivity index (χ0) is 32.7. The summed E-state index contributed by atoms with van der Waals surface area (Å²) in [5, 5.41) is 7.00. The van der Waals surface area contributed by atoms with Crippen LogP contribution in [0, 0.1) is 17.8 Å². The van der Waals surface area contributed by atoms with Crippen molar-refractivity contribution in [2.24, 2.45) is 5.92 Å². The molecule has 0 fully saturated rings. The molecule has 0 aromatic heterocycles. The van der Waals surface area contributed by atoms with Gasteiger partial charge in [-0.25, -0.2) is 4.39 Å². The molecule has 1 rings (SSSR count). The van der Waals surface area contributed by atoms with Gasteiger partial charge in [-0.1, -0.05) is 163 Å². The first-order valence-electron chi connectivity index (χ1n) is 16.5. The highest BCUT2D eigenvalue weighted by Crippen LogP contribution is 2.20. The maximum atomic E-state index is 13.6. The van der Waals surface area contributed by atoms with Crippen LogP contribution in [-0.4, -0.2) is 30.3 Å². The molecular formula is C38H70FNO. The Bertz CT molecular complexity index is 728. The van der Waals surface area contributed by atoms with Crippen molar-refractivity contribution >= 4 is 0 Å². The van der Waals surface area contributed by atoms with Crippen LogP contribution in [0.5, 0.6) is 0 Å². The zero-order valence-electron chi connectivity index (χ0n) is 29.5. The van der Waals surface area contributed by atoms with Gasteiger partial charge in [-0.3, -0.25) is 0 Å². The largest absolute Gasteiger partial charge is 0.400 e. The minimum absolute atomic E-state index is 0.187. The second kappa shape index (κ2) is 44.7. The van der Waals surface area contributed by atoms with Gasteiger partial charge in [0.15, 0.2) is 0 Å². The molecule has 0 aliphatic heterocycles. The number of hydrogen-bond donors (Lipinski definition) is 1. The molecule has 3 heteroatoms. The predicted octanol–water partition coefficient (Wildman–Crippen LogP) is 12.0. The van der Waals surface area contributed by atoms with Crippen molar-refractivity contribution in [3.63, 3.8) is 0 Å². The van der Waals surface area contributed by atoms with Crippen molar-refractivity contribution in [2.75, 3.05) is 20.3 Å². The van der Waals surface area contributed by atoms with Crippen LogP contribution in [0.25, 0.3) is 0 Å². The third-order valence-electron chi connectivity index (χ3n) is 5.43. The summed E-state index contributed by atoms with van der Waals surface area (Å²) in [5.41, 5.74) is 3.34. The molecule has 1 atom stereocenters. The van der Waals surface area contributed by atoms with Gasteiger partial charge >= 0.3 is 0 Å². The third kappa shape index (κ3) is 29.0. The Balaban J connectivity index is -0.000000387. The molecule has 41 heavy (non-hydrogen) atoms. The molecule has 1 aromatic rings. The van der Waals surface area contributed by atoms with E-state index in [2.05, 4.69) is 67.5 Å². The Morgan fingerprint density at radius 2 is 1.41 bits per heavy atom. The number of nitrogens with zero attached hydrogens (tertiary/aromatic N) is 1. The smallest absolute Gasteiger partial charge is 0.103 e. The zero-order valence-corrected chi connectivity index (χ0v) is 29.5. The van der Waals surface area contributed by atoms with Crippen LogP contribution in [0.4, 0.5) is 4.39 Å². The van der Waals surface area contributed by atoms with E-state index in [4.69, 9.17) is 5.11 Å². The lowest BCUT2D eigenvalue weighted by molar-refractivity contribution is 0.392. The van der Waals surface area contributed by atoms with Crippen LogP contribution < -0.4 is 0 Å². The molecule has 0 saturated heterocycles. The summed E-state index contributed by atoms with van der Waals surface area (Å²) in [4.78, 5) is 2.22. The Hall–Kier alpha value is -2.31. The normalized spacial score (nSPS) is 10.4. The average Bonchev–Trinajstić information content (AvgIpc) is 3.06. The van der Waals surface area contributed by atoms with Gasteiger partial charge in [0.05, 0.1) is 0 Å². The van der Waals surface area contributed by atoms with E-state index < -0.39 is 0 Å². The molecule has 0 aliphatic carbocycles. The predicted molar refractivity (Wildman–Crippen MR) is 188 cm³/mol. The summed E-state index contributed by atoms with van der Waals surface area (Å²) in [6.45, 7) is 27.0. The number of halogens is 1. The van der Waals surface area contributed by atoms with Gasteiger partial charge < -0.3 is 10.0 Å². The van der Waals surface area contributed by atoms with E-state index in [-0.39, 0.29) is 12.6 Å². The first-order valence-corrected chi connectivity index (χ1v) is 16.5. The van der Waals surface area contributed by atoms with Crippen LogP contribution >= 0.6 is 0 Å². The number of alkyl halides is 1. The lowest BCUT2D eigenvalue weighted by Gasteiger charge is -2.25. The van der Waals surface area contributed by atoms with Crippen molar-refractivity contribution in [2.45, 2.75) is 134 Å². The number of benzene rings is 1. The van der Waals surface area contributed by atoms with E-state index in [0.717, 1.165) is 57.0 Å². The molecule has 2 nitrogen and oxygen atoms in total. The van der Waals surface area contributed by atoms with Crippen LogP contribution in [-0.2, 0) is 6.42 Å². The van der Waals surface area contributed by atoms with Gasteiger partial charge in [0.1, 0.15) is 6.67 Å². The van der Waals surface area contributed by atoms with Crippen LogP contribution in [0.1, 0.15) is 133 Å². The molecule has 1 unspecified atom stereocenters. The molecule has 0 radical (unpaired) electrons. The molecule has 0 saturated carbocycles. The van der Waals surface area contributed by atoms with Gasteiger partial charge in [0.25, 0.3) is 0 Å². The summed E-state index contributed by atoms with van der Waals surface area (Å²) < 4.78 is 13.6. The minimum Gasteiger partial charge on any atom is -0.400 e. The molecule has 0 spiro atoms. The van der Waals surface area contributed by atoms with E-state index in [1.54, 1.807) is 0 Å². The Kier molecular flexibility index (Phi) is 52.8. The van der Waals surface area contributed by atoms with E-state index >= 15 is 0 Å². The second-order valence-corrected chi connectivity index (χ2v) is 8.08. The molecule has 0 bridgehead atoms. The monoisotopic (exact) mass is 576 g/mol. The van der Waals surface area contributed by atoms with Crippen LogP contribution in [0.3, 0.4) is 0 Å². The Labute approximate surface area is 258 Å². The number of hydrogen-bond acceptors (Lipinski definition) is 2. The molecular weight excluding hydrogens is 505 g/mol. The SMILES string of the molecule is C=CN(CCCC)/C(Cc1ccccc1)=C(C#CC(CF)CCCCCCC)\C=C/C.CC.CC.CC.CC.CO. The van der Waals surface area contributed by atoms with Crippen molar-refractivity contribution < 1.29 is 9.50 Å². The molecule has 0 amide bonds. The first kappa shape index (κ1) is 48.4. The number of aliphatic hydroxyl groups excluding tert-OH is 1. The number of allylic oxidation sites excluding steroid dienone is 4. The fraction of sp³-hybridized carbons (Fsp3) is 0.632. The summed E-state index contributed by atoms with van der Waals surface area (Å²) in [7, 11) is 1.00. The third-order valence-corrected chi connectivity index (χ3v) is 5.43. The Morgan fingerprint density at radius 1 is 0.878 bits per heavy atom. The van der Waals surface area contributed by atoms with Crippen LogP contribution in [0.15, 0.2) is 66.5 Å². The van der Waals surface area contributed by atoms with E-state index in [9.17, 15) is 4.39 Å². The van der Waals surface area contributed by atoms with E-state index in [1.807, 2.05) is 80.7 Å². The van der Waals surface area contributed by atoms with Gasteiger partial charge in [0.2, 0.25) is 0 Å². The first-order chi connectivity index (χ1) is 20.2. The molecule has 1 aromatic carbocycles. The lowest BCUT2D eigenvalue weighted by Crippen LogP contribution is -2.21. The maximum Gasteiger partial charge on any atom is 0.103 e. The highest BCUT2D eigenvalue weighted by Gasteiger charge is 2.12. The van der Waals surface area contributed by atoms with Crippen molar-refractivity contribution in [1.82, 2.24) is 4.90 Å². The average molecular weight is 576 g/mol. The summed E-state index contributed by atoms with van der Waals surface area (Å²) in [5.74, 6) is 6.41. The fourth-order valence-corrected chi connectivity index (χ4v) is 3.54. The maximum absolute atomic E-state index is 13.6. The molecule has 0 aliphatic rings. The van der Waals surface area contributed by atoms with Gasteiger partial charge in [-0.2, -0.15) is 0 Å². The highest BCUT2D eigenvalue weighted by atomic mass is 19.1. The van der Waals surface area contributed by atoms with Gasteiger partial charge in [-0.15, -0.1) is 0 Å². The lowest BCUT2D eigenvalue weighted by atomic mass is 10.00. The molecule has 1 N–H and O–H groups in total. The number of unbranched alkanes of at least 4 members (excludes halogenated alkanes) is 5. The minimum atomic E-state index is -0.376. The van der Waals surface area contributed by atoms with Gasteiger partial charge in [-0.05, 0) is 37.6 Å². The summed E-state index contributed by atoms with van der Waals surface area (Å²) in [6.07, 6.45) is 15.8. The Morgan fingerprint density at radius 3 is 1.88 bits per heavy atom. The molecule has 0 heterocycles. The highest BCUT2D eigenvalue weighted by molar-refractivity contribution is 5.44. The standard InChI is InChI=1S/C29H42FN.4C2H6.CH4O/c1-5-9-11-12-14-20-27(25-30)21-22-28(17-7-3)29(31(8-4)23-10-6-2)24-26-18-15-13-16-19-26;5*1-2/h7-8,13,15-19,27H,4-6,9-12,14,20,23-25H2,1-3H3;4*1-2H3;2H,1H3/b17-7-,29-28+;;;;;. The van der Waals surface area contributed by atoms with E-state index in [0.29, 0.717) is 0 Å². The topological polar surface area (TPSA) is 23.5 Å². The number of aliphatic hydroxyl groups is 1. The van der Waals surface area contributed by atoms with Crippen molar-refractivity contribution in [1.29, 1.82) is 0 Å². The van der Waals surface area contributed by atoms with Crippen molar-refractivity contribution in [3.8, 4) is 11.8 Å². The van der Waals surface area contributed by atoms with Crippen molar-refractivity contribution in [3.05, 3.63) is 72.1 Å². The summed E-state index contributed by atoms with van der Waals surface area (Å²) >= 11 is 0. The number of rotatable bonds is 15. The summed E-state index contributed by atoms with van der Waals surface area (Å²) in [6, 6.07) is 10.4. The quantitative estimate of drug-likeness (QED) is 0.128. The fourth-order valence-electron chi connectivity index (χ4n) is 3.54. The van der Waals surface area contributed by atoms with Gasteiger partial charge in [0, 0.05) is 37.3 Å². The second-order valence-electron chi connectivity index (χ2n) is 8.08. The molecule has 240 valence electrons. The van der Waals surface area contributed by atoms with E-state index in [1.165, 1.54) is 31.2 Å².